The van der Waals surface area contributed by atoms with Crippen LogP contribution in [0.3, 0.4) is 0 Å². The maximum Gasteiger partial charge on any atom is 0.234 e. The Morgan fingerprint density at radius 1 is 1.36 bits per heavy atom. The van der Waals surface area contributed by atoms with Gasteiger partial charge in [0.05, 0.1) is 15.6 Å². The van der Waals surface area contributed by atoms with E-state index < -0.39 is 10.3 Å². The molecule has 0 radical (unpaired) electrons. The number of hydrogen-bond acceptors (Lipinski definition) is 3. The van der Waals surface area contributed by atoms with E-state index in [-0.39, 0.29) is 5.91 Å². The second kappa shape index (κ2) is 5.41. The molecular formula is C15H15Cl2N3OS. The monoisotopic (exact) mass is 355 g/mol. The molecule has 0 bridgehead atoms. The lowest BCUT2D eigenvalue weighted by molar-refractivity contribution is -0.123. The molecule has 3 aromatic rings. The number of aryl methyl sites for hydroxylation is 1. The number of hydrogen-bond donors (Lipinski definition) is 1. The molecule has 0 saturated carbocycles. The molecule has 0 spiro atoms. The van der Waals surface area contributed by atoms with Gasteiger partial charge in [-0.25, -0.2) is 0 Å². The number of amides is 1. The van der Waals surface area contributed by atoms with Crippen molar-refractivity contribution in [3.8, 4) is 0 Å². The van der Waals surface area contributed by atoms with E-state index in [1.807, 2.05) is 19.2 Å². The summed E-state index contributed by atoms with van der Waals surface area (Å²) in [5.41, 5.74) is 0.117. The van der Waals surface area contributed by atoms with Crippen LogP contribution in [0.5, 0.6) is 0 Å². The molecule has 0 aliphatic heterocycles. The first-order valence-corrected chi connectivity index (χ1v) is 8.45. The van der Waals surface area contributed by atoms with Crippen molar-refractivity contribution in [1.82, 2.24) is 9.78 Å². The molecular weight excluding hydrogens is 341 g/mol. The summed E-state index contributed by atoms with van der Waals surface area (Å²) in [6, 6.07) is 8.11. The zero-order valence-corrected chi connectivity index (χ0v) is 14.7. The van der Waals surface area contributed by atoms with Crippen molar-refractivity contribution in [2.45, 2.75) is 18.7 Å². The van der Waals surface area contributed by atoms with Gasteiger partial charge in [0, 0.05) is 17.1 Å². The highest BCUT2D eigenvalue weighted by atomic mass is 35.5. The number of aromatic nitrogens is 2. The van der Waals surface area contributed by atoms with Crippen molar-refractivity contribution in [2.24, 2.45) is 12.5 Å². The van der Waals surface area contributed by atoms with E-state index in [4.69, 9.17) is 23.2 Å². The highest BCUT2D eigenvalue weighted by Crippen LogP contribution is 2.38. The average molecular weight is 356 g/mol. The molecule has 2 heterocycles. The zero-order chi connectivity index (χ0) is 16.1. The minimum atomic E-state index is -0.899. The summed E-state index contributed by atoms with van der Waals surface area (Å²) in [6.07, 6.45) is 0. The molecule has 0 aliphatic carbocycles. The Bertz CT molecular complexity index is 866. The first kappa shape index (κ1) is 15.6. The molecule has 0 atom stereocenters. The third-order valence-corrected chi connectivity index (χ3v) is 5.98. The van der Waals surface area contributed by atoms with E-state index in [0.717, 1.165) is 20.3 Å². The van der Waals surface area contributed by atoms with Crippen LogP contribution in [0.4, 0.5) is 5.82 Å². The van der Waals surface area contributed by atoms with Crippen LogP contribution in [-0.4, -0.2) is 20.5 Å². The van der Waals surface area contributed by atoms with E-state index in [0.29, 0.717) is 5.82 Å². The van der Waals surface area contributed by atoms with Gasteiger partial charge in [0.1, 0.15) is 4.84 Å². The van der Waals surface area contributed by atoms with Crippen molar-refractivity contribution >= 4 is 66.6 Å². The lowest BCUT2D eigenvalue weighted by atomic mass is 9.95. The fourth-order valence-corrected chi connectivity index (χ4v) is 3.58. The van der Waals surface area contributed by atoms with Gasteiger partial charge in [0.2, 0.25) is 5.91 Å². The molecule has 1 aromatic carbocycles. The standard InChI is InChI=1S/C15H15Cl2N3OS/c1-15(2,13(16)17)14(21)18-12-11-10(20(3)19-12)8-6-4-5-7-9(8)22-11/h4-7,13H,1-3H3,(H,18,19,21). The third-order valence-electron chi connectivity index (χ3n) is 3.72. The molecule has 1 amide bonds. The van der Waals surface area contributed by atoms with Crippen LogP contribution >= 0.6 is 34.5 Å². The number of carbonyl (C=O) groups excluding carboxylic acids is 1. The minimum Gasteiger partial charge on any atom is -0.307 e. The maximum absolute atomic E-state index is 12.4. The Morgan fingerprint density at radius 3 is 2.73 bits per heavy atom. The SMILES string of the molecule is Cn1nc(NC(=O)C(C)(C)C(Cl)Cl)c2sc3ccccc3c21. The van der Waals surface area contributed by atoms with E-state index in [9.17, 15) is 4.79 Å². The number of anilines is 1. The van der Waals surface area contributed by atoms with Crippen LogP contribution in [0.1, 0.15) is 13.8 Å². The summed E-state index contributed by atoms with van der Waals surface area (Å²) in [7, 11) is 1.87. The molecule has 0 aliphatic rings. The number of thiophene rings is 1. The van der Waals surface area contributed by atoms with Gasteiger partial charge in [0.25, 0.3) is 0 Å². The molecule has 22 heavy (non-hydrogen) atoms. The Hall–Kier alpha value is -1.30. The molecule has 0 fully saturated rings. The predicted molar refractivity (Wildman–Crippen MR) is 94.0 cm³/mol. The molecule has 1 N–H and O–H groups in total. The third kappa shape index (κ3) is 2.37. The first-order valence-electron chi connectivity index (χ1n) is 6.76. The number of fused-ring (bicyclic) bond motifs is 3. The van der Waals surface area contributed by atoms with Gasteiger partial charge in [0.15, 0.2) is 5.82 Å². The normalized spacial score (nSPS) is 12.5. The van der Waals surface area contributed by atoms with Crippen LogP contribution in [0.25, 0.3) is 20.3 Å². The topological polar surface area (TPSA) is 46.9 Å². The number of nitrogens with zero attached hydrogens (tertiary/aromatic N) is 2. The second-order valence-electron chi connectivity index (χ2n) is 5.72. The van der Waals surface area contributed by atoms with Crippen molar-refractivity contribution in [3.05, 3.63) is 24.3 Å². The van der Waals surface area contributed by atoms with Crippen LogP contribution in [0.15, 0.2) is 24.3 Å². The fraction of sp³-hybridized carbons (Fsp3) is 0.333. The van der Waals surface area contributed by atoms with Gasteiger partial charge in [-0.1, -0.05) is 18.2 Å². The fourth-order valence-electron chi connectivity index (χ4n) is 2.21. The van der Waals surface area contributed by atoms with Crippen LogP contribution < -0.4 is 5.32 Å². The van der Waals surface area contributed by atoms with Crippen molar-refractivity contribution in [3.63, 3.8) is 0 Å². The highest BCUT2D eigenvalue weighted by Gasteiger charge is 2.35. The number of alkyl halides is 2. The number of rotatable bonds is 3. The number of nitrogens with one attached hydrogen (secondary N) is 1. The Labute approximate surface area is 142 Å². The van der Waals surface area contributed by atoms with Gasteiger partial charge >= 0.3 is 0 Å². The summed E-state index contributed by atoms with van der Waals surface area (Å²) in [5.74, 6) is 0.297. The Kier molecular flexibility index (Phi) is 3.83. The predicted octanol–water partition coefficient (Wildman–Crippen LogP) is 4.56. The average Bonchev–Trinajstić information content (AvgIpc) is 2.97. The van der Waals surface area contributed by atoms with Crippen LogP contribution in [0, 0.1) is 5.41 Å². The van der Waals surface area contributed by atoms with Crippen molar-refractivity contribution < 1.29 is 4.79 Å². The lowest BCUT2D eigenvalue weighted by Gasteiger charge is -2.23. The first-order chi connectivity index (χ1) is 10.3. The summed E-state index contributed by atoms with van der Waals surface area (Å²) in [5, 5.41) is 8.41. The smallest absolute Gasteiger partial charge is 0.234 e. The molecule has 0 saturated heterocycles. The quantitative estimate of drug-likeness (QED) is 0.700. The second-order valence-corrected chi connectivity index (χ2v) is 7.87. The lowest BCUT2D eigenvalue weighted by Crippen LogP contribution is -2.36. The van der Waals surface area contributed by atoms with Gasteiger partial charge < -0.3 is 5.32 Å². The summed E-state index contributed by atoms with van der Waals surface area (Å²) in [4.78, 5) is 11.6. The van der Waals surface area contributed by atoms with Gasteiger partial charge in [-0.3, -0.25) is 9.48 Å². The van der Waals surface area contributed by atoms with Crippen molar-refractivity contribution in [2.75, 3.05) is 5.32 Å². The molecule has 116 valence electrons. The molecule has 0 unspecified atom stereocenters. The largest absolute Gasteiger partial charge is 0.307 e. The number of halogens is 2. The van der Waals surface area contributed by atoms with E-state index in [1.165, 1.54) is 0 Å². The number of carbonyl (C=O) groups is 1. The molecule has 7 heteroatoms. The summed E-state index contributed by atoms with van der Waals surface area (Å²) in [6.45, 7) is 3.41. The maximum atomic E-state index is 12.4. The molecule has 2 aromatic heterocycles. The highest BCUT2D eigenvalue weighted by molar-refractivity contribution is 7.26. The summed E-state index contributed by atoms with van der Waals surface area (Å²) < 4.78 is 3.90. The van der Waals surface area contributed by atoms with E-state index in [2.05, 4.69) is 22.5 Å². The van der Waals surface area contributed by atoms with Crippen LogP contribution in [0.2, 0.25) is 0 Å². The van der Waals surface area contributed by atoms with Crippen LogP contribution in [-0.2, 0) is 11.8 Å². The number of benzene rings is 1. The molecule has 3 rings (SSSR count). The van der Waals surface area contributed by atoms with Gasteiger partial charge in [-0.15, -0.1) is 34.5 Å². The van der Waals surface area contributed by atoms with Crippen molar-refractivity contribution in [1.29, 1.82) is 0 Å². The minimum absolute atomic E-state index is 0.250. The zero-order valence-electron chi connectivity index (χ0n) is 12.4. The summed E-state index contributed by atoms with van der Waals surface area (Å²) >= 11 is 13.4. The Balaban J connectivity index is 2.07. The Morgan fingerprint density at radius 2 is 2.05 bits per heavy atom. The van der Waals surface area contributed by atoms with E-state index >= 15 is 0 Å². The molecule has 4 nitrogen and oxygen atoms in total. The van der Waals surface area contributed by atoms with Gasteiger partial charge in [-0.05, 0) is 19.9 Å². The van der Waals surface area contributed by atoms with Gasteiger partial charge in [-0.2, -0.15) is 5.10 Å². The van der Waals surface area contributed by atoms with E-state index in [1.54, 1.807) is 29.9 Å².